The van der Waals surface area contributed by atoms with E-state index in [1.54, 1.807) is 30.7 Å². The molecule has 128 valence electrons. The summed E-state index contributed by atoms with van der Waals surface area (Å²) in [4.78, 5) is 16.2. The lowest BCUT2D eigenvalue weighted by atomic mass is 10.0. The topological polar surface area (TPSA) is 68.2 Å². The Kier molecular flexibility index (Phi) is 5.10. The SMILES string of the molecule is Cn1cncc1C1CC(NC(=O)NCc2ccccc2F)CCO1. The summed E-state index contributed by atoms with van der Waals surface area (Å²) in [5.41, 5.74) is 1.46. The van der Waals surface area contributed by atoms with E-state index in [0.717, 1.165) is 12.1 Å². The van der Waals surface area contributed by atoms with Crippen molar-refractivity contribution in [3.63, 3.8) is 0 Å². The second-order valence-corrected chi connectivity index (χ2v) is 5.93. The lowest BCUT2D eigenvalue weighted by Crippen LogP contribution is -2.44. The van der Waals surface area contributed by atoms with Crippen LogP contribution in [-0.2, 0) is 18.3 Å². The smallest absolute Gasteiger partial charge is 0.315 e. The first kappa shape index (κ1) is 16.4. The van der Waals surface area contributed by atoms with E-state index in [1.807, 2.05) is 11.6 Å². The van der Waals surface area contributed by atoms with Gasteiger partial charge in [-0.05, 0) is 18.9 Å². The molecule has 1 aliphatic heterocycles. The lowest BCUT2D eigenvalue weighted by Gasteiger charge is -2.30. The summed E-state index contributed by atoms with van der Waals surface area (Å²) in [5, 5.41) is 5.64. The second kappa shape index (κ2) is 7.44. The van der Waals surface area contributed by atoms with Crippen LogP contribution in [0.25, 0.3) is 0 Å². The molecule has 0 spiro atoms. The Morgan fingerprint density at radius 3 is 3.04 bits per heavy atom. The number of amides is 2. The van der Waals surface area contributed by atoms with E-state index in [4.69, 9.17) is 4.74 Å². The lowest BCUT2D eigenvalue weighted by molar-refractivity contribution is -0.00178. The molecule has 1 fully saturated rings. The monoisotopic (exact) mass is 332 g/mol. The number of carbonyl (C=O) groups excluding carboxylic acids is 1. The minimum Gasteiger partial charge on any atom is -0.372 e. The molecule has 1 aromatic heterocycles. The average Bonchev–Trinajstić information content (AvgIpc) is 3.00. The summed E-state index contributed by atoms with van der Waals surface area (Å²) in [5.74, 6) is -0.319. The van der Waals surface area contributed by atoms with Crippen molar-refractivity contribution in [3.8, 4) is 0 Å². The van der Waals surface area contributed by atoms with E-state index in [2.05, 4.69) is 15.6 Å². The van der Waals surface area contributed by atoms with Crippen molar-refractivity contribution in [1.82, 2.24) is 20.2 Å². The zero-order valence-corrected chi connectivity index (χ0v) is 13.5. The van der Waals surface area contributed by atoms with Gasteiger partial charge >= 0.3 is 6.03 Å². The van der Waals surface area contributed by atoms with Crippen molar-refractivity contribution in [3.05, 3.63) is 53.9 Å². The van der Waals surface area contributed by atoms with Crippen molar-refractivity contribution in [1.29, 1.82) is 0 Å². The number of aromatic nitrogens is 2. The number of nitrogens with zero attached hydrogens (tertiary/aromatic N) is 2. The first-order chi connectivity index (χ1) is 11.6. The molecule has 1 aromatic carbocycles. The highest BCUT2D eigenvalue weighted by Gasteiger charge is 2.26. The third kappa shape index (κ3) is 3.91. The van der Waals surface area contributed by atoms with Crippen LogP contribution in [0.4, 0.5) is 9.18 Å². The quantitative estimate of drug-likeness (QED) is 0.902. The predicted molar refractivity (Wildman–Crippen MR) is 86.7 cm³/mol. The van der Waals surface area contributed by atoms with E-state index in [0.29, 0.717) is 18.6 Å². The highest BCUT2D eigenvalue weighted by atomic mass is 19.1. The van der Waals surface area contributed by atoms with Crippen molar-refractivity contribution in [2.24, 2.45) is 7.05 Å². The van der Waals surface area contributed by atoms with Gasteiger partial charge in [0, 0.05) is 31.8 Å². The van der Waals surface area contributed by atoms with Crippen LogP contribution in [0.2, 0.25) is 0 Å². The molecule has 3 rings (SSSR count). The van der Waals surface area contributed by atoms with Crippen LogP contribution >= 0.6 is 0 Å². The second-order valence-electron chi connectivity index (χ2n) is 5.93. The molecule has 24 heavy (non-hydrogen) atoms. The van der Waals surface area contributed by atoms with Crippen molar-refractivity contribution in [2.75, 3.05) is 6.61 Å². The number of hydrogen-bond donors (Lipinski definition) is 2. The van der Waals surface area contributed by atoms with Crippen LogP contribution < -0.4 is 10.6 Å². The number of ether oxygens (including phenoxy) is 1. The largest absolute Gasteiger partial charge is 0.372 e. The number of urea groups is 1. The maximum Gasteiger partial charge on any atom is 0.315 e. The fourth-order valence-electron chi connectivity index (χ4n) is 2.87. The molecule has 2 aromatic rings. The van der Waals surface area contributed by atoms with Gasteiger partial charge in [0.1, 0.15) is 11.9 Å². The molecule has 0 radical (unpaired) electrons. The number of hydrogen-bond acceptors (Lipinski definition) is 3. The third-order valence-corrected chi connectivity index (χ3v) is 4.20. The van der Waals surface area contributed by atoms with E-state index in [-0.39, 0.29) is 30.5 Å². The minimum atomic E-state index is -0.319. The summed E-state index contributed by atoms with van der Waals surface area (Å²) >= 11 is 0. The molecule has 6 nitrogen and oxygen atoms in total. The van der Waals surface area contributed by atoms with Gasteiger partial charge in [0.15, 0.2) is 0 Å². The Morgan fingerprint density at radius 2 is 2.29 bits per heavy atom. The summed E-state index contributed by atoms with van der Waals surface area (Å²) in [6.07, 6.45) is 4.87. The Balaban J connectivity index is 1.51. The molecular weight excluding hydrogens is 311 g/mol. The standard InChI is InChI=1S/C17H21FN4O2/c1-22-11-19-10-15(22)16-8-13(6-7-24-16)21-17(23)20-9-12-4-2-3-5-14(12)18/h2-5,10-11,13,16H,6-9H2,1H3,(H2,20,21,23). The van der Waals surface area contributed by atoms with Gasteiger partial charge in [-0.3, -0.25) is 0 Å². The van der Waals surface area contributed by atoms with Gasteiger partial charge in [0.2, 0.25) is 0 Å². The molecule has 0 aliphatic carbocycles. The van der Waals surface area contributed by atoms with E-state index >= 15 is 0 Å². The Bertz CT molecular complexity index is 703. The summed E-state index contributed by atoms with van der Waals surface area (Å²) < 4.78 is 21.2. The zero-order valence-electron chi connectivity index (χ0n) is 13.5. The molecule has 1 saturated heterocycles. The maximum absolute atomic E-state index is 13.5. The number of carbonyl (C=O) groups is 1. The van der Waals surface area contributed by atoms with Gasteiger partial charge in [-0.1, -0.05) is 18.2 Å². The van der Waals surface area contributed by atoms with Crippen molar-refractivity contribution < 1.29 is 13.9 Å². The first-order valence-corrected chi connectivity index (χ1v) is 7.99. The highest BCUT2D eigenvalue weighted by Crippen LogP contribution is 2.27. The Morgan fingerprint density at radius 1 is 1.46 bits per heavy atom. The normalized spacial score (nSPS) is 20.6. The Hall–Kier alpha value is -2.41. The number of benzene rings is 1. The van der Waals surface area contributed by atoms with Gasteiger partial charge < -0.3 is 19.9 Å². The number of rotatable bonds is 4. The molecule has 2 heterocycles. The molecule has 0 bridgehead atoms. The highest BCUT2D eigenvalue weighted by molar-refractivity contribution is 5.74. The molecule has 0 saturated carbocycles. The molecule has 2 N–H and O–H groups in total. The first-order valence-electron chi connectivity index (χ1n) is 7.99. The maximum atomic E-state index is 13.5. The predicted octanol–water partition coefficient (Wildman–Crippen LogP) is 2.28. The van der Waals surface area contributed by atoms with Crippen molar-refractivity contribution in [2.45, 2.75) is 31.5 Å². The molecular formula is C17H21FN4O2. The van der Waals surface area contributed by atoms with E-state index in [1.165, 1.54) is 6.07 Å². The number of nitrogens with one attached hydrogen (secondary N) is 2. The molecule has 2 amide bonds. The number of halogens is 1. The van der Waals surface area contributed by atoms with Crippen LogP contribution in [0.1, 0.15) is 30.2 Å². The van der Waals surface area contributed by atoms with Gasteiger partial charge in [-0.15, -0.1) is 0 Å². The van der Waals surface area contributed by atoms with Crippen molar-refractivity contribution >= 4 is 6.03 Å². The van der Waals surface area contributed by atoms with Gasteiger partial charge in [-0.2, -0.15) is 0 Å². The van der Waals surface area contributed by atoms with Crippen LogP contribution in [0.15, 0.2) is 36.8 Å². The third-order valence-electron chi connectivity index (χ3n) is 4.20. The van der Waals surface area contributed by atoms with Crippen LogP contribution in [-0.4, -0.2) is 28.2 Å². The number of aryl methyl sites for hydroxylation is 1. The van der Waals surface area contributed by atoms with Crippen LogP contribution in [0.5, 0.6) is 0 Å². The molecule has 2 atom stereocenters. The average molecular weight is 332 g/mol. The van der Waals surface area contributed by atoms with E-state index < -0.39 is 0 Å². The molecule has 7 heteroatoms. The fourth-order valence-corrected chi connectivity index (χ4v) is 2.87. The summed E-state index contributed by atoms with van der Waals surface area (Å²) in [6.45, 7) is 0.737. The van der Waals surface area contributed by atoms with Gasteiger partial charge in [0.05, 0.1) is 18.2 Å². The van der Waals surface area contributed by atoms with Crippen LogP contribution in [0.3, 0.4) is 0 Å². The zero-order chi connectivity index (χ0) is 16.9. The van der Waals surface area contributed by atoms with Gasteiger partial charge in [0.25, 0.3) is 0 Å². The fraction of sp³-hybridized carbons (Fsp3) is 0.412. The molecule has 2 unspecified atom stereocenters. The number of imidazole rings is 1. The summed E-state index contributed by atoms with van der Waals surface area (Å²) in [6, 6.07) is 6.12. The van der Waals surface area contributed by atoms with Crippen LogP contribution in [0, 0.1) is 5.82 Å². The Labute approximate surface area is 140 Å². The van der Waals surface area contributed by atoms with Gasteiger partial charge in [-0.25, -0.2) is 14.2 Å². The van der Waals surface area contributed by atoms with E-state index in [9.17, 15) is 9.18 Å². The minimum absolute atomic E-state index is 0.0132. The molecule has 1 aliphatic rings. The summed E-state index contributed by atoms with van der Waals surface area (Å²) in [7, 11) is 1.92.